The molecule has 0 rings (SSSR count). The van der Waals surface area contributed by atoms with Crippen LogP contribution in [0, 0.1) is 5.41 Å². The summed E-state index contributed by atoms with van der Waals surface area (Å²) in [5, 5.41) is 0. The van der Waals surface area contributed by atoms with Crippen molar-refractivity contribution in [1.82, 2.24) is 0 Å². The fourth-order valence-electron chi connectivity index (χ4n) is 2.00. The summed E-state index contributed by atoms with van der Waals surface area (Å²) >= 11 is 1.69. The molecular formula is C16H27Sn. The molecule has 0 aromatic rings. The third-order valence-electron chi connectivity index (χ3n) is 3.43. The van der Waals surface area contributed by atoms with Crippen LogP contribution in [-0.4, -0.2) is 22.5 Å². The summed E-state index contributed by atoms with van der Waals surface area (Å²) < 4.78 is 1.42. The Hall–Kier alpha value is 0.0187. The van der Waals surface area contributed by atoms with Gasteiger partial charge in [0.25, 0.3) is 0 Å². The molecule has 0 aromatic carbocycles. The summed E-state index contributed by atoms with van der Waals surface area (Å²) in [5.74, 6) is 0. The number of hydrogen-bond acceptors (Lipinski definition) is 0. The van der Waals surface area contributed by atoms with E-state index in [9.17, 15) is 0 Å². The van der Waals surface area contributed by atoms with E-state index in [1.165, 1.54) is 49.4 Å². The SMILES string of the molecule is C=CC(C=C)(C=C)CCCCCCCC[CH2][Sn]. The molecular weight excluding hydrogens is 311 g/mol. The van der Waals surface area contributed by atoms with Crippen LogP contribution < -0.4 is 0 Å². The molecule has 1 heteroatoms. The van der Waals surface area contributed by atoms with Crippen LogP contribution in [0.15, 0.2) is 38.0 Å². The molecule has 0 aliphatic rings. The van der Waals surface area contributed by atoms with Gasteiger partial charge in [-0.3, -0.25) is 0 Å². The zero-order valence-corrected chi connectivity index (χ0v) is 14.1. The Labute approximate surface area is 121 Å². The van der Waals surface area contributed by atoms with Gasteiger partial charge in [-0.1, -0.05) is 0 Å². The molecule has 0 heterocycles. The van der Waals surface area contributed by atoms with Crippen molar-refractivity contribution in [1.29, 1.82) is 0 Å². The number of hydrogen-bond donors (Lipinski definition) is 0. The molecule has 0 atom stereocenters. The topological polar surface area (TPSA) is 0 Å². The summed E-state index contributed by atoms with van der Waals surface area (Å²) in [4.78, 5) is 0. The molecule has 0 fully saturated rings. The van der Waals surface area contributed by atoms with E-state index in [0.29, 0.717) is 0 Å². The Bertz CT molecular complexity index is 196. The van der Waals surface area contributed by atoms with Gasteiger partial charge in [-0.15, -0.1) is 0 Å². The molecule has 0 amide bonds. The Morgan fingerprint density at radius 3 is 1.53 bits per heavy atom. The fraction of sp³-hybridized carbons (Fsp3) is 0.625. The quantitative estimate of drug-likeness (QED) is 0.259. The Kier molecular flexibility index (Phi) is 11.1. The molecule has 95 valence electrons. The molecule has 0 saturated carbocycles. The van der Waals surface area contributed by atoms with Crippen LogP contribution in [0.1, 0.15) is 51.4 Å². The van der Waals surface area contributed by atoms with Gasteiger partial charge in [-0.05, 0) is 0 Å². The molecule has 0 saturated heterocycles. The third-order valence-corrected chi connectivity index (χ3v) is 4.44. The number of allylic oxidation sites excluding steroid dienone is 3. The van der Waals surface area contributed by atoms with Crippen LogP contribution in [0.3, 0.4) is 0 Å². The molecule has 3 radical (unpaired) electrons. The van der Waals surface area contributed by atoms with Gasteiger partial charge in [0, 0.05) is 0 Å². The first-order chi connectivity index (χ1) is 8.24. The molecule has 0 aliphatic heterocycles. The molecule has 0 bridgehead atoms. The van der Waals surface area contributed by atoms with E-state index < -0.39 is 0 Å². The first kappa shape index (κ1) is 17.0. The van der Waals surface area contributed by atoms with Gasteiger partial charge in [-0.25, -0.2) is 0 Å². The Morgan fingerprint density at radius 2 is 1.12 bits per heavy atom. The molecule has 0 spiro atoms. The van der Waals surface area contributed by atoms with E-state index >= 15 is 0 Å². The van der Waals surface area contributed by atoms with Crippen LogP contribution in [0.25, 0.3) is 0 Å². The van der Waals surface area contributed by atoms with Gasteiger partial charge in [0.15, 0.2) is 0 Å². The average molecular weight is 338 g/mol. The summed E-state index contributed by atoms with van der Waals surface area (Å²) in [6.45, 7) is 11.6. The first-order valence-corrected chi connectivity index (χ1v) is 8.82. The van der Waals surface area contributed by atoms with Gasteiger partial charge in [0.05, 0.1) is 0 Å². The van der Waals surface area contributed by atoms with Gasteiger partial charge < -0.3 is 0 Å². The van der Waals surface area contributed by atoms with Crippen LogP contribution in [0.4, 0.5) is 0 Å². The molecule has 0 aromatic heterocycles. The van der Waals surface area contributed by atoms with Crippen molar-refractivity contribution in [3.63, 3.8) is 0 Å². The standard InChI is InChI=1S/C16H27.Sn/c1-5-9-10-11-12-13-14-15-16(6-2,7-3)8-4;/h6-8H,1-5,9-15H2;. The normalized spacial score (nSPS) is 11.1. The van der Waals surface area contributed by atoms with Crippen LogP contribution >= 0.6 is 0 Å². The van der Waals surface area contributed by atoms with Gasteiger partial charge >= 0.3 is 122 Å². The summed E-state index contributed by atoms with van der Waals surface area (Å²) in [5.41, 5.74) is -0.0365. The van der Waals surface area contributed by atoms with Crippen LogP contribution in [0.2, 0.25) is 4.44 Å². The van der Waals surface area contributed by atoms with Gasteiger partial charge in [0.2, 0.25) is 0 Å². The van der Waals surface area contributed by atoms with Crippen molar-refractivity contribution in [2.45, 2.75) is 55.8 Å². The zero-order valence-electron chi connectivity index (χ0n) is 11.2. The van der Waals surface area contributed by atoms with Crippen molar-refractivity contribution in [3.8, 4) is 0 Å². The van der Waals surface area contributed by atoms with Crippen molar-refractivity contribution >= 4 is 22.5 Å². The summed E-state index contributed by atoms with van der Waals surface area (Å²) in [6, 6.07) is 0. The van der Waals surface area contributed by atoms with E-state index in [0.717, 1.165) is 6.42 Å². The first-order valence-electron chi connectivity index (χ1n) is 6.80. The third kappa shape index (κ3) is 7.86. The molecule has 0 unspecified atom stereocenters. The van der Waals surface area contributed by atoms with E-state index in [1.54, 1.807) is 22.5 Å². The zero-order chi connectivity index (χ0) is 13.0. The average Bonchev–Trinajstić information content (AvgIpc) is 2.38. The van der Waals surface area contributed by atoms with Crippen molar-refractivity contribution in [2.75, 3.05) is 0 Å². The summed E-state index contributed by atoms with van der Waals surface area (Å²) in [6.07, 6.45) is 16.7. The molecule has 0 nitrogen and oxygen atoms in total. The maximum absolute atomic E-state index is 3.88. The second kappa shape index (κ2) is 11.1. The predicted molar refractivity (Wildman–Crippen MR) is 80.5 cm³/mol. The minimum absolute atomic E-state index is 0.0365. The number of rotatable bonds is 12. The number of unbranched alkanes of at least 4 members (excludes halogenated alkanes) is 6. The fourth-order valence-corrected chi connectivity index (χ4v) is 2.71. The maximum atomic E-state index is 3.88. The summed E-state index contributed by atoms with van der Waals surface area (Å²) in [7, 11) is 0. The van der Waals surface area contributed by atoms with Crippen molar-refractivity contribution in [3.05, 3.63) is 38.0 Å². The van der Waals surface area contributed by atoms with Crippen molar-refractivity contribution < 1.29 is 0 Å². The van der Waals surface area contributed by atoms with Gasteiger partial charge in [-0.2, -0.15) is 0 Å². The second-order valence-electron chi connectivity index (χ2n) is 4.70. The van der Waals surface area contributed by atoms with E-state index in [-0.39, 0.29) is 5.41 Å². The molecule has 0 N–H and O–H groups in total. The van der Waals surface area contributed by atoms with Crippen molar-refractivity contribution in [2.24, 2.45) is 5.41 Å². The van der Waals surface area contributed by atoms with E-state index in [4.69, 9.17) is 0 Å². The van der Waals surface area contributed by atoms with Crippen LogP contribution in [0.5, 0.6) is 0 Å². The minimum atomic E-state index is -0.0365. The van der Waals surface area contributed by atoms with Gasteiger partial charge in [0.1, 0.15) is 0 Å². The molecule has 17 heavy (non-hydrogen) atoms. The predicted octanol–water partition coefficient (Wildman–Crippen LogP) is 5.24. The molecule has 0 aliphatic carbocycles. The second-order valence-corrected chi connectivity index (χ2v) is 6.13. The van der Waals surface area contributed by atoms with E-state index in [2.05, 4.69) is 19.7 Å². The Morgan fingerprint density at radius 1 is 0.706 bits per heavy atom. The van der Waals surface area contributed by atoms with E-state index in [1.807, 2.05) is 18.2 Å². The monoisotopic (exact) mass is 339 g/mol. The Balaban J connectivity index is 3.53. The van der Waals surface area contributed by atoms with Crippen LogP contribution in [-0.2, 0) is 0 Å².